The lowest BCUT2D eigenvalue weighted by Gasteiger charge is -2.06. The summed E-state index contributed by atoms with van der Waals surface area (Å²) in [6.07, 6.45) is 8.02. The van der Waals surface area contributed by atoms with Crippen LogP contribution in [0.3, 0.4) is 0 Å². The smallest absolute Gasteiger partial charge is 0.263 e. The van der Waals surface area contributed by atoms with Gasteiger partial charge in [-0.25, -0.2) is 0 Å². The van der Waals surface area contributed by atoms with Crippen molar-refractivity contribution in [2.75, 3.05) is 6.61 Å². The van der Waals surface area contributed by atoms with Gasteiger partial charge in [0.15, 0.2) is 0 Å². The normalized spacial score (nSPS) is 16.1. The van der Waals surface area contributed by atoms with Gasteiger partial charge in [0.1, 0.15) is 10.1 Å². The first-order valence-corrected chi connectivity index (χ1v) is 8.89. The molecule has 1 aromatic carbocycles. The number of unbranched alkanes of at least 4 members (excludes halogenated alkanes) is 4. The molecule has 0 bridgehead atoms. The second-order valence-electron chi connectivity index (χ2n) is 5.18. The molecule has 1 aliphatic heterocycles. The van der Waals surface area contributed by atoms with Crippen LogP contribution in [-0.4, -0.2) is 16.8 Å². The molecule has 1 aromatic rings. The molecule has 2 rings (SSSR count). The summed E-state index contributed by atoms with van der Waals surface area (Å²) in [5.41, 5.74) is 0.970. The molecule has 0 aliphatic carbocycles. The van der Waals surface area contributed by atoms with Crippen molar-refractivity contribution in [3.63, 3.8) is 0 Å². The third-order valence-electron chi connectivity index (χ3n) is 3.34. The van der Waals surface area contributed by atoms with E-state index < -0.39 is 0 Å². The SMILES string of the molecule is CCCCCCCOc1ccc(C=C2SC(=S)NC2=O)cc1. The highest BCUT2D eigenvalue weighted by Crippen LogP contribution is 2.26. The Labute approximate surface area is 141 Å². The highest BCUT2D eigenvalue weighted by atomic mass is 32.2. The standard InChI is InChI=1S/C17H21NO2S2/c1-2-3-4-5-6-11-20-14-9-7-13(8-10-14)12-15-16(19)18-17(21)22-15/h7-10,12H,2-6,11H2,1H3,(H,18,19,21). The summed E-state index contributed by atoms with van der Waals surface area (Å²) >= 11 is 6.26. The van der Waals surface area contributed by atoms with Crippen LogP contribution < -0.4 is 10.1 Å². The molecule has 0 saturated carbocycles. The van der Waals surface area contributed by atoms with Gasteiger partial charge in [0, 0.05) is 0 Å². The quantitative estimate of drug-likeness (QED) is 0.430. The number of rotatable bonds is 8. The van der Waals surface area contributed by atoms with E-state index in [1.165, 1.54) is 37.4 Å². The van der Waals surface area contributed by atoms with E-state index in [1.54, 1.807) is 0 Å². The van der Waals surface area contributed by atoms with E-state index in [2.05, 4.69) is 12.2 Å². The summed E-state index contributed by atoms with van der Waals surface area (Å²) < 4.78 is 6.24. The van der Waals surface area contributed by atoms with Gasteiger partial charge in [0.25, 0.3) is 5.91 Å². The molecular weight excluding hydrogens is 314 g/mol. The summed E-state index contributed by atoms with van der Waals surface area (Å²) in [5, 5.41) is 2.61. The van der Waals surface area contributed by atoms with E-state index in [9.17, 15) is 4.79 Å². The predicted molar refractivity (Wildman–Crippen MR) is 97.0 cm³/mol. The molecule has 0 spiro atoms. The van der Waals surface area contributed by atoms with Crippen LogP contribution in [0, 0.1) is 0 Å². The Morgan fingerprint density at radius 1 is 1.18 bits per heavy atom. The third-order valence-corrected chi connectivity index (χ3v) is 4.50. The van der Waals surface area contributed by atoms with Crippen molar-refractivity contribution in [1.82, 2.24) is 5.32 Å². The summed E-state index contributed by atoms with van der Waals surface area (Å²) in [7, 11) is 0. The molecule has 0 aromatic heterocycles. The Balaban J connectivity index is 1.79. The van der Waals surface area contributed by atoms with E-state index >= 15 is 0 Å². The Kier molecular flexibility index (Phi) is 6.93. The van der Waals surface area contributed by atoms with Crippen LogP contribution in [0.5, 0.6) is 5.75 Å². The van der Waals surface area contributed by atoms with Gasteiger partial charge >= 0.3 is 0 Å². The summed E-state index contributed by atoms with van der Waals surface area (Å²) in [6.45, 7) is 2.98. The number of nitrogens with one attached hydrogen (secondary N) is 1. The van der Waals surface area contributed by atoms with Crippen LogP contribution in [0.25, 0.3) is 6.08 Å². The number of amides is 1. The topological polar surface area (TPSA) is 38.3 Å². The summed E-state index contributed by atoms with van der Waals surface area (Å²) in [6, 6.07) is 7.78. The van der Waals surface area contributed by atoms with Crippen molar-refractivity contribution < 1.29 is 9.53 Å². The number of thiocarbonyl (C=S) groups is 1. The van der Waals surface area contributed by atoms with E-state index in [-0.39, 0.29) is 5.91 Å². The highest BCUT2D eigenvalue weighted by Gasteiger charge is 2.21. The number of ether oxygens (including phenoxy) is 1. The Hall–Kier alpha value is -1.33. The van der Waals surface area contributed by atoms with Gasteiger partial charge in [-0.1, -0.05) is 68.7 Å². The number of benzene rings is 1. The molecule has 0 radical (unpaired) electrons. The van der Waals surface area contributed by atoms with E-state index in [0.29, 0.717) is 9.23 Å². The number of carbonyl (C=O) groups excluding carboxylic acids is 1. The number of hydrogen-bond donors (Lipinski definition) is 1. The van der Waals surface area contributed by atoms with Gasteiger partial charge in [-0.15, -0.1) is 0 Å². The first kappa shape index (κ1) is 17.0. The van der Waals surface area contributed by atoms with E-state index in [0.717, 1.165) is 24.3 Å². The second kappa shape index (κ2) is 8.96. The number of hydrogen-bond acceptors (Lipinski definition) is 4. The van der Waals surface area contributed by atoms with Crippen LogP contribution in [0.1, 0.15) is 44.6 Å². The maximum Gasteiger partial charge on any atom is 0.263 e. The minimum absolute atomic E-state index is 0.123. The predicted octanol–water partition coefficient (Wildman–Crippen LogP) is 4.52. The van der Waals surface area contributed by atoms with Crippen molar-refractivity contribution in [1.29, 1.82) is 0 Å². The van der Waals surface area contributed by atoms with Gasteiger partial charge < -0.3 is 10.1 Å². The van der Waals surface area contributed by atoms with Crippen molar-refractivity contribution in [2.24, 2.45) is 0 Å². The van der Waals surface area contributed by atoms with Crippen molar-refractivity contribution >= 4 is 40.3 Å². The molecule has 1 heterocycles. The van der Waals surface area contributed by atoms with Crippen LogP contribution in [0.2, 0.25) is 0 Å². The molecule has 0 atom stereocenters. The first-order chi connectivity index (χ1) is 10.7. The second-order valence-corrected chi connectivity index (χ2v) is 6.90. The van der Waals surface area contributed by atoms with Crippen LogP contribution in [-0.2, 0) is 4.79 Å². The first-order valence-electron chi connectivity index (χ1n) is 7.67. The third kappa shape index (κ3) is 5.46. The molecule has 118 valence electrons. The Morgan fingerprint density at radius 2 is 1.91 bits per heavy atom. The van der Waals surface area contributed by atoms with Gasteiger partial charge in [-0.2, -0.15) is 0 Å². The lowest BCUT2D eigenvalue weighted by atomic mass is 10.2. The van der Waals surface area contributed by atoms with Crippen molar-refractivity contribution in [2.45, 2.75) is 39.0 Å². The Bertz CT molecular complexity index is 552. The number of thioether (sulfide) groups is 1. The van der Waals surface area contributed by atoms with Gasteiger partial charge in [-0.3, -0.25) is 4.79 Å². The number of carbonyl (C=O) groups is 1. The molecule has 3 nitrogen and oxygen atoms in total. The minimum atomic E-state index is -0.123. The molecule has 0 unspecified atom stereocenters. The molecule has 1 amide bonds. The molecule has 22 heavy (non-hydrogen) atoms. The van der Waals surface area contributed by atoms with Gasteiger partial charge in [-0.05, 0) is 30.2 Å². The largest absolute Gasteiger partial charge is 0.494 e. The summed E-state index contributed by atoms with van der Waals surface area (Å²) in [4.78, 5) is 12.2. The lowest BCUT2D eigenvalue weighted by molar-refractivity contribution is -0.115. The van der Waals surface area contributed by atoms with Crippen molar-refractivity contribution in [3.05, 3.63) is 34.7 Å². The average molecular weight is 335 g/mol. The summed E-state index contributed by atoms with van der Waals surface area (Å²) in [5.74, 6) is 0.749. The molecule has 1 fully saturated rings. The van der Waals surface area contributed by atoms with Gasteiger partial charge in [0.2, 0.25) is 0 Å². The maximum absolute atomic E-state index is 11.6. The van der Waals surface area contributed by atoms with Crippen LogP contribution in [0.4, 0.5) is 0 Å². The van der Waals surface area contributed by atoms with Crippen LogP contribution in [0.15, 0.2) is 29.2 Å². The van der Waals surface area contributed by atoms with Gasteiger partial charge in [0.05, 0.1) is 11.5 Å². The molecule has 1 N–H and O–H groups in total. The Morgan fingerprint density at radius 3 is 2.55 bits per heavy atom. The van der Waals surface area contributed by atoms with Crippen molar-refractivity contribution in [3.8, 4) is 5.75 Å². The highest BCUT2D eigenvalue weighted by molar-refractivity contribution is 8.26. The fourth-order valence-electron chi connectivity index (χ4n) is 2.13. The maximum atomic E-state index is 11.6. The fraction of sp³-hybridized carbons (Fsp3) is 0.412. The zero-order valence-electron chi connectivity index (χ0n) is 12.8. The molecule has 1 aliphatic rings. The zero-order valence-corrected chi connectivity index (χ0v) is 14.4. The molecular formula is C17H21NO2S2. The average Bonchev–Trinajstić information content (AvgIpc) is 2.82. The lowest BCUT2D eigenvalue weighted by Crippen LogP contribution is -2.17. The van der Waals surface area contributed by atoms with Crippen LogP contribution >= 0.6 is 24.0 Å². The molecule has 5 heteroatoms. The van der Waals surface area contributed by atoms with E-state index in [1.807, 2.05) is 30.3 Å². The zero-order chi connectivity index (χ0) is 15.8. The fourth-order valence-corrected chi connectivity index (χ4v) is 3.17. The van der Waals surface area contributed by atoms with E-state index in [4.69, 9.17) is 17.0 Å². The minimum Gasteiger partial charge on any atom is -0.494 e. The monoisotopic (exact) mass is 335 g/mol. The molecule has 1 saturated heterocycles.